The molecule has 0 unspecified atom stereocenters. The van der Waals surface area contributed by atoms with E-state index in [1.165, 1.54) is 0 Å². The van der Waals surface area contributed by atoms with Crippen LogP contribution in [0, 0.1) is 0 Å². The Morgan fingerprint density at radius 2 is 2.00 bits per heavy atom. The lowest BCUT2D eigenvalue weighted by molar-refractivity contribution is -0.117. The fraction of sp³-hybridized carbons (Fsp3) is 0.476. The van der Waals surface area contributed by atoms with Crippen LogP contribution in [-0.4, -0.2) is 58.4 Å². The van der Waals surface area contributed by atoms with E-state index in [1.807, 2.05) is 32.0 Å². The van der Waals surface area contributed by atoms with E-state index in [2.05, 4.69) is 10.4 Å². The van der Waals surface area contributed by atoms with E-state index in [9.17, 15) is 9.59 Å². The maximum atomic E-state index is 13.2. The van der Waals surface area contributed by atoms with Crippen LogP contribution in [0.25, 0.3) is 0 Å². The number of anilines is 1. The van der Waals surface area contributed by atoms with E-state index in [1.54, 1.807) is 27.9 Å². The van der Waals surface area contributed by atoms with Gasteiger partial charge in [-0.15, -0.1) is 0 Å². The molecule has 2 aliphatic heterocycles. The maximum absolute atomic E-state index is 13.2. The number of rotatable bonds is 4. The molecule has 2 aromatic rings. The summed E-state index contributed by atoms with van der Waals surface area (Å²) in [4.78, 5) is 27.6. The predicted octanol–water partition coefficient (Wildman–Crippen LogP) is 2.49. The van der Waals surface area contributed by atoms with Crippen molar-refractivity contribution < 1.29 is 19.1 Å². The summed E-state index contributed by atoms with van der Waals surface area (Å²) in [6, 6.07) is 9.09. The van der Waals surface area contributed by atoms with Crippen LogP contribution in [0.4, 0.5) is 5.82 Å². The number of fused-ring (bicyclic) bond motifs is 1. The lowest BCUT2D eigenvalue weighted by Gasteiger charge is -2.38. The molecule has 1 aromatic heterocycles. The summed E-state index contributed by atoms with van der Waals surface area (Å²) in [5.74, 6) is 0.726. The minimum Gasteiger partial charge on any atom is -0.484 e. The van der Waals surface area contributed by atoms with E-state index in [0.29, 0.717) is 49.7 Å². The highest BCUT2D eigenvalue weighted by Crippen LogP contribution is 2.34. The van der Waals surface area contributed by atoms with Gasteiger partial charge in [-0.25, -0.2) is 4.68 Å². The van der Waals surface area contributed by atoms with Gasteiger partial charge in [0.2, 0.25) is 5.91 Å². The third-order valence-corrected chi connectivity index (χ3v) is 5.38. The van der Waals surface area contributed by atoms with Crippen molar-refractivity contribution >= 4 is 17.6 Å². The molecule has 1 N–H and O–H groups in total. The summed E-state index contributed by atoms with van der Waals surface area (Å²) >= 11 is 0. The number of nitrogens with one attached hydrogen (secondary N) is 1. The molecule has 2 aliphatic rings. The van der Waals surface area contributed by atoms with Crippen LogP contribution in [0.5, 0.6) is 5.75 Å². The number of carbonyl (C=O) groups is 2. The first-order valence-electron chi connectivity index (χ1n) is 9.96. The van der Waals surface area contributed by atoms with Gasteiger partial charge >= 0.3 is 0 Å². The highest BCUT2D eigenvalue weighted by molar-refractivity contribution is 6.01. The molecule has 154 valence electrons. The molecule has 4 rings (SSSR count). The van der Waals surface area contributed by atoms with Crippen LogP contribution in [-0.2, 0) is 9.53 Å². The summed E-state index contributed by atoms with van der Waals surface area (Å²) in [7, 11) is 0. The van der Waals surface area contributed by atoms with Gasteiger partial charge in [-0.1, -0.05) is 12.1 Å². The van der Waals surface area contributed by atoms with Crippen molar-refractivity contribution in [2.45, 2.75) is 38.3 Å². The zero-order chi connectivity index (χ0) is 20.4. The first-order chi connectivity index (χ1) is 14.0. The van der Waals surface area contributed by atoms with Gasteiger partial charge in [-0.3, -0.25) is 9.59 Å². The fourth-order valence-electron chi connectivity index (χ4n) is 3.90. The second kappa shape index (κ2) is 7.87. The molecule has 0 saturated carbocycles. The summed E-state index contributed by atoms with van der Waals surface area (Å²) in [6.45, 7) is 5.42. The summed E-state index contributed by atoms with van der Waals surface area (Å²) in [5, 5.41) is 7.11. The van der Waals surface area contributed by atoms with Crippen LogP contribution < -0.4 is 10.1 Å². The number of benzene rings is 1. The molecule has 1 aromatic carbocycles. The molecular weight excluding hydrogens is 372 g/mol. The summed E-state index contributed by atoms with van der Waals surface area (Å²) in [6.07, 6.45) is 2.99. The summed E-state index contributed by atoms with van der Waals surface area (Å²) in [5.41, 5.74) is -0.0589. The Hall–Kier alpha value is -2.87. The predicted molar refractivity (Wildman–Crippen MR) is 107 cm³/mol. The number of hydrogen-bond acceptors (Lipinski definition) is 5. The fourth-order valence-corrected chi connectivity index (χ4v) is 3.90. The van der Waals surface area contributed by atoms with Crippen molar-refractivity contribution in [2.24, 2.45) is 0 Å². The number of amides is 2. The average molecular weight is 398 g/mol. The van der Waals surface area contributed by atoms with E-state index < -0.39 is 5.60 Å². The molecule has 3 heterocycles. The Balaban J connectivity index is 1.57. The Morgan fingerprint density at radius 1 is 1.24 bits per heavy atom. The van der Waals surface area contributed by atoms with Crippen LogP contribution in [0.2, 0.25) is 0 Å². The minimum atomic E-state index is -0.541. The molecule has 8 nitrogen and oxygen atoms in total. The normalized spacial score (nSPS) is 18.3. The second-order valence-electron chi connectivity index (χ2n) is 7.86. The smallest absolute Gasteiger partial charge is 0.258 e. The van der Waals surface area contributed by atoms with Crippen molar-refractivity contribution in [1.82, 2.24) is 14.7 Å². The second-order valence-corrected chi connectivity index (χ2v) is 7.86. The van der Waals surface area contributed by atoms with Gasteiger partial charge < -0.3 is 19.7 Å². The minimum absolute atomic E-state index is 0.0532. The number of hydrogen-bond donors (Lipinski definition) is 1. The van der Waals surface area contributed by atoms with Crippen molar-refractivity contribution in [1.29, 1.82) is 0 Å². The van der Waals surface area contributed by atoms with Crippen LogP contribution in [0.15, 0.2) is 36.5 Å². The maximum Gasteiger partial charge on any atom is 0.258 e. The lowest BCUT2D eigenvalue weighted by Crippen LogP contribution is -2.52. The Labute approximate surface area is 169 Å². The molecule has 0 radical (unpaired) electrons. The Bertz CT molecular complexity index is 902. The molecule has 0 bridgehead atoms. The third-order valence-electron chi connectivity index (χ3n) is 5.38. The van der Waals surface area contributed by atoms with E-state index in [0.717, 1.165) is 0 Å². The standard InChI is InChI=1S/C21H26N4O4/c1-15(2)25-18(7-10-22-25)23-19(26)13-24-14-21(8-11-28-12-9-21)29-17-6-4-3-5-16(17)20(24)27/h3-7,10,15H,8-9,11-14H2,1-2H3,(H,23,26). The molecular formula is C21H26N4O4. The van der Waals surface area contributed by atoms with Gasteiger partial charge in [0.25, 0.3) is 5.91 Å². The first-order valence-corrected chi connectivity index (χ1v) is 9.96. The van der Waals surface area contributed by atoms with Crippen LogP contribution in [0.3, 0.4) is 0 Å². The SMILES string of the molecule is CC(C)n1nccc1NC(=O)CN1CC2(CCOCC2)Oc2ccccc2C1=O. The first kappa shape index (κ1) is 19.4. The summed E-state index contributed by atoms with van der Waals surface area (Å²) < 4.78 is 13.6. The van der Waals surface area contributed by atoms with Crippen LogP contribution in [0.1, 0.15) is 43.1 Å². The van der Waals surface area contributed by atoms with E-state index in [-0.39, 0.29) is 24.4 Å². The molecule has 2 amide bonds. The van der Waals surface area contributed by atoms with Crippen molar-refractivity contribution in [2.75, 3.05) is 31.6 Å². The van der Waals surface area contributed by atoms with Crippen molar-refractivity contribution in [3.05, 3.63) is 42.1 Å². The van der Waals surface area contributed by atoms with Gasteiger partial charge in [0, 0.05) is 24.9 Å². The van der Waals surface area contributed by atoms with Crippen molar-refractivity contribution in [3.8, 4) is 5.75 Å². The average Bonchev–Trinajstić information content (AvgIpc) is 3.12. The quantitative estimate of drug-likeness (QED) is 0.855. The molecule has 1 fully saturated rings. The topological polar surface area (TPSA) is 85.7 Å². The monoisotopic (exact) mass is 398 g/mol. The Morgan fingerprint density at radius 3 is 2.76 bits per heavy atom. The number of para-hydroxylation sites is 1. The third kappa shape index (κ3) is 3.98. The highest BCUT2D eigenvalue weighted by atomic mass is 16.5. The highest BCUT2D eigenvalue weighted by Gasteiger charge is 2.42. The Kier molecular flexibility index (Phi) is 5.27. The van der Waals surface area contributed by atoms with Gasteiger partial charge in [0.1, 0.15) is 23.7 Å². The van der Waals surface area contributed by atoms with Gasteiger partial charge in [-0.2, -0.15) is 5.10 Å². The molecule has 0 aliphatic carbocycles. The van der Waals surface area contributed by atoms with E-state index in [4.69, 9.17) is 9.47 Å². The largest absolute Gasteiger partial charge is 0.484 e. The van der Waals surface area contributed by atoms with Gasteiger partial charge in [-0.05, 0) is 26.0 Å². The number of nitrogens with zero attached hydrogens (tertiary/aromatic N) is 3. The lowest BCUT2D eigenvalue weighted by atomic mass is 9.93. The zero-order valence-electron chi connectivity index (χ0n) is 16.8. The molecule has 1 saturated heterocycles. The molecule has 1 spiro atoms. The van der Waals surface area contributed by atoms with Gasteiger partial charge in [0.05, 0.1) is 31.5 Å². The molecule has 8 heteroatoms. The zero-order valence-corrected chi connectivity index (χ0v) is 16.8. The molecule has 0 atom stereocenters. The molecule has 29 heavy (non-hydrogen) atoms. The van der Waals surface area contributed by atoms with Gasteiger partial charge in [0.15, 0.2) is 0 Å². The van der Waals surface area contributed by atoms with Crippen LogP contribution >= 0.6 is 0 Å². The number of ether oxygens (including phenoxy) is 2. The number of aromatic nitrogens is 2. The van der Waals surface area contributed by atoms with E-state index >= 15 is 0 Å². The number of carbonyl (C=O) groups excluding carboxylic acids is 2. The van der Waals surface area contributed by atoms with Crippen molar-refractivity contribution in [3.63, 3.8) is 0 Å².